The van der Waals surface area contributed by atoms with Gasteiger partial charge < -0.3 is 15.2 Å². The second-order valence-corrected chi connectivity index (χ2v) is 7.15. The molecule has 0 saturated heterocycles. The molecule has 0 radical (unpaired) electrons. The third kappa shape index (κ3) is 2.65. The van der Waals surface area contributed by atoms with E-state index >= 15 is 0 Å². The number of hydrogen-bond acceptors (Lipinski definition) is 3. The average Bonchev–Trinajstić information content (AvgIpc) is 2.49. The third-order valence-corrected chi connectivity index (χ3v) is 6.08. The topological polar surface area (TPSA) is 41.5 Å². The van der Waals surface area contributed by atoms with Crippen molar-refractivity contribution < 1.29 is 9.84 Å². The van der Waals surface area contributed by atoms with Gasteiger partial charge in [-0.1, -0.05) is 32.1 Å². The Labute approximate surface area is 123 Å². The summed E-state index contributed by atoms with van der Waals surface area (Å²) in [5.41, 5.74) is 0.380. The molecular formula is C17H31NO2. The molecule has 0 aromatic carbocycles. The number of aliphatic hydroxyl groups is 1. The van der Waals surface area contributed by atoms with E-state index in [1.807, 2.05) is 0 Å². The smallest absolute Gasteiger partial charge is 0.0693 e. The van der Waals surface area contributed by atoms with Crippen LogP contribution in [0.3, 0.4) is 0 Å². The molecule has 3 aliphatic rings. The van der Waals surface area contributed by atoms with Gasteiger partial charge in [0, 0.05) is 24.1 Å². The van der Waals surface area contributed by atoms with Crippen LogP contribution in [0.25, 0.3) is 0 Å². The van der Waals surface area contributed by atoms with Crippen molar-refractivity contribution in [3.8, 4) is 0 Å². The van der Waals surface area contributed by atoms with Crippen LogP contribution in [-0.4, -0.2) is 36.0 Å². The van der Waals surface area contributed by atoms with Crippen molar-refractivity contribution in [1.29, 1.82) is 0 Å². The number of aliphatic hydroxyl groups excluding tert-OH is 1. The van der Waals surface area contributed by atoms with Gasteiger partial charge in [-0.05, 0) is 39.0 Å². The lowest BCUT2D eigenvalue weighted by Crippen LogP contribution is -2.67. The largest absolute Gasteiger partial charge is 0.392 e. The van der Waals surface area contributed by atoms with Crippen molar-refractivity contribution in [3.05, 3.63) is 0 Å². The quantitative estimate of drug-likeness (QED) is 0.832. The first-order valence-corrected chi connectivity index (χ1v) is 8.82. The predicted octanol–water partition coefficient (Wildman–Crippen LogP) is 3.01. The van der Waals surface area contributed by atoms with E-state index < -0.39 is 0 Å². The molecule has 116 valence electrons. The summed E-state index contributed by atoms with van der Waals surface area (Å²) in [5.74, 6) is 0. The van der Waals surface area contributed by atoms with E-state index in [1.54, 1.807) is 0 Å². The van der Waals surface area contributed by atoms with Gasteiger partial charge in [0.15, 0.2) is 0 Å². The van der Waals surface area contributed by atoms with Gasteiger partial charge in [0.25, 0.3) is 0 Å². The summed E-state index contributed by atoms with van der Waals surface area (Å²) in [6, 6.07) is 0.909. The van der Waals surface area contributed by atoms with Gasteiger partial charge in [-0.3, -0.25) is 0 Å². The maximum absolute atomic E-state index is 10.2. The molecule has 3 aliphatic carbocycles. The minimum atomic E-state index is -0.129. The van der Waals surface area contributed by atoms with Gasteiger partial charge in [0.05, 0.1) is 12.2 Å². The standard InChI is InChI=1S/C17H31NO2/c1-2-20-16-12-15(17(16)10-6-3-7-11-17)18-13-8-4-5-9-14(13)19/h13-16,18-19H,2-12H2,1H3. The Bertz CT molecular complexity index is 314. The molecule has 4 atom stereocenters. The highest BCUT2D eigenvalue weighted by Crippen LogP contribution is 2.53. The van der Waals surface area contributed by atoms with Crippen molar-refractivity contribution in [1.82, 2.24) is 5.32 Å². The Morgan fingerprint density at radius 2 is 1.85 bits per heavy atom. The van der Waals surface area contributed by atoms with E-state index in [9.17, 15) is 5.11 Å². The van der Waals surface area contributed by atoms with E-state index in [1.165, 1.54) is 44.9 Å². The normalized spacial score (nSPS) is 40.5. The van der Waals surface area contributed by atoms with Gasteiger partial charge in [0.1, 0.15) is 0 Å². The summed E-state index contributed by atoms with van der Waals surface area (Å²) >= 11 is 0. The Hall–Kier alpha value is -0.120. The lowest BCUT2D eigenvalue weighted by molar-refractivity contribution is -0.155. The Kier molecular flexibility index (Phi) is 4.68. The number of ether oxygens (including phenoxy) is 1. The highest BCUT2D eigenvalue weighted by Gasteiger charge is 2.56. The second kappa shape index (κ2) is 6.33. The molecule has 20 heavy (non-hydrogen) atoms. The zero-order chi connectivity index (χ0) is 14.0. The van der Waals surface area contributed by atoms with Crippen LogP contribution in [0, 0.1) is 5.41 Å². The first-order chi connectivity index (χ1) is 9.76. The van der Waals surface area contributed by atoms with Gasteiger partial charge in [-0.25, -0.2) is 0 Å². The zero-order valence-corrected chi connectivity index (χ0v) is 12.9. The van der Waals surface area contributed by atoms with Crippen molar-refractivity contribution in [2.45, 2.75) is 95.4 Å². The zero-order valence-electron chi connectivity index (χ0n) is 12.9. The molecule has 0 bridgehead atoms. The molecule has 4 unspecified atom stereocenters. The Balaban J connectivity index is 1.63. The van der Waals surface area contributed by atoms with E-state index in [0.29, 0.717) is 23.6 Å². The molecule has 3 fully saturated rings. The summed E-state index contributed by atoms with van der Waals surface area (Å²) in [6.45, 7) is 2.95. The highest BCUT2D eigenvalue weighted by molar-refractivity contribution is 5.10. The second-order valence-electron chi connectivity index (χ2n) is 7.15. The van der Waals surface area contributed by atoms with Crippen molar-refractivity contribution in [2.75, 3.05) is 6.61 Å². The van der Waals surface area contributed by atoms with Crippen molar-refractivity contribution >= 4 is 0 Å². The van der Waals surface area contributed by atoms with Crippen molar-refractivity contribution in [3.63, 3.8) is 0 Å². The lowest BCUT2D eigenvalue weighted by Gasteiger charge is -2.59. The molecule has 0 amide bonds. The third-order valence-electron chi connectivity index (χ3n) is 6.08. The Morgan fingerprint density at radius 3 is 2.55 bits per heavy atom. The van der Waals surface area contributed by atoms with Crippen LogP contribution in [-0.2, 0) is 4.74 Å². The molecule has 2 N–H and O–H groups in total. The fraction of sp³-hybridized carbons (Fsp3) is 1.00. The predicted molar refractivity (Wildman–Crippen MR) is 80.7 cm³/mol. The van der Waals surface area contributed by atoms with Gasteiger partial charge in [-0.15, -0.1) is 0 Å². The molecule has 0 aromatic rings. The van der Waals surface area contributed by atoms with Crippen LogP contribution in [0.1, 0.15) is 71.1 Å². The van der Waals surface area contributed by atoms with Gasteiger partial charge >= 0.3 is 0 Å². The monoisotopic (exact) mass is 281 g/mol. The number of rotatable bonds is 4. The fourth-order valence-corrected chi connectivity index (χ4v) is 4.86. The average molecular weight is 281 g/mol. The van der Waals surface area contributed by atoms with E-state index in [0.717, 1.165) is 25.9 Å². The van der Waals surface area contributed by atoms with Crippen LogP contribution in [0.5, 0.6) is 0 Å². The van der Waals surface area contributed by atoms with Gasteiger partial charge in [0.2, 0.25) is 0 Å². The maximum Gasteiger partial charge on any atom is 0.0693 e. The molecule has 1 spiro atoms. The Morgan fingerprint density at radius 1 is 1.10 bits per heavy atom. The molecular weight excluding hydrogens is 250 g/mol. The first-order valence-electron chi connectivity index (χ1n) is 8.82. The lowest BCUT2D eigenvalue weighted by atomic mass is 9.55. The summed E-state index contributed by atoms with van der Waals surface area (Å²) < 4.78 is 6.01. The van der Waals surface area contributed by atoms with E-state index in [-0.39, 0.29) is 6.10 Å². The minimum absolute atomic E-state index is 0.129. The molecule has 0 heterocycles. The van der Waals surface area contributed by atoms with Crippen molar-refractivity contribution in [2.24, 2.45) is 5.41 Å². The van der Waals surface area contributed by atoms with E-state index in [2.05, 4.69) is 12.2 Å². The van der Waals surface area contributed by atoms with Crippen LogP contribution in [0.15, 0.2) is 0 Å². The maximum atomic E-state index is 10.2. The number of hydrogen-bond donors (Lipinski definition) is 2. The van der Waals surface area contributed by atoms with E-state index in [4.69, 9.17) is 4.74 Å². The summed E-state index contributed by atoms with van der Waals surface area (Å²) in [5, 5.41) is 14.0. The molecule has 3 heteroatoms. The molecule has 0 aliphatic heterocycles. The molecule has 0 aromatic heterocycles. The molecule has 3 rings (SSSR count). The van der Waals surface area contributed by atoms with Crippen LogP contribution in [0.2, 0.25) is 0 Å². The minimum Gasteiger partial charge on any atom is -0.392 e. The van der Waals surface area contributed by atoms with Crippen LogP contribution >= 0.6 is 0 Å². The summed E-state index contributed by atoms with van der Waals surface area (Å²) in [4.78, 5) is 0. The molecule has 3 nitrogen and oxygen atoms in total. The fourth-order valence-electron chi connectivity index (χ4n) is 4.86. The first kappa shape index (κ1) is 14.8. The molecule has 3 saturated carbocycles. The SMILES string of the molecule is CCOC1CC(NC2CCCCC2O)C12CCCCC2. The van der Waals surface area contributed by atoms with Crippen LogP contribution < -0.4 is 5.32 Å². The van der Waals surface area contributed by atoms with Crippen LogP contribution in [0.4, 0.5) is 0 Å². The summed E-state index contributed by atoms with van der Waals surface area (Å²) in [7, 11) is 0. The highest BCUT2D eigenvalue weighted by atomic mass is 16.5. The number of nitrogens with one attached hydrogen (secondary N) is 1. The summed E-state index contributed by atoms with van der Waals surface area (Å²) in [6.07, 6.45) is 12.8. The van der Waals surface area contributed by atoms with Gasteiger partial charge in [-0.2, -0.15) is 0 Å².